The molecule has 0 bridgehead atoms. The molecule has 0 unspecified atom stereocenters. The average Bonchev–Trinajstić information content (AvgIpc) is 2.55. The van der Waals surface area contributed by atoms with E-state index in [4.69, 9.17) is 14.2 Å². The molecule has 5 heteroatoms. The monoisotopic (exact) mass is 316 g/mol. The van der Waals surface area contributed by atoms with Crippen LogP contribution in [0.15, 0.2) is 36.4 Å². The van der Waals surface area contributed by atoms with Crippen molar-refractivity contribution in [2.45, 2.75) is 6.42 Å². The van der Waals surface area contributed by atoms with Crippen molar-refractivity contribution in [2.24, 2.45) is 0 Å². The molecule has 2 rings (SSSR count). The van der Waals surface area contributed by atoms with Gasteiger partial charge in [0.15, 0.2) is 23.0 Å². The molecule has 0 atom stereocenters. The summed E-state index contributed by atoms with van der Waals surface area (Å²) in [5, 5.41) is 19.5. The van der Waals surface area contributed by atoms with Crippen LogP contribution in [-0.2, 0) is 6.42 Å². The largest absolute Gasteiger partial charge is 0.504 e. The topological polar surface area (TPSA) is 68.2 Å². The summed E-state index contributed by atoms with van der Waals surface area (Å²) >= 11 is 0. The minimum Gasteiger partial charge on any atom is -0.504 e. The van der Waals surface area contributed by atoms with E-state index in [0.717, 1.165) is 11.1 Å². The van der Waals surface area contributed by atoms with Gasteiger partial charge in [0.1, 0.15) is 0 Å². The van der Waals surface area contributed by atoms with E-state index in [-0.39, 0.29) is 11.5 Å². The van der Waals surface area contributed by atoms with Gasteiger partial charge in [-0.3, -0.25) is 0 Å². The highest BCUT2D eigenvalue weighted by Crippen LogP contribution is 2.39. The highest BCUT2D eigenvalue weighted by atomic mass is 16.5. The second-order valence-corrected chi connectivity index (χ2v) is 4.85. The number of hydrogen-bond donors (Lipinski definition) is 2. The summed E-state index contributed by atoms with van der Waals surface area (Å²) in [7, 11) is 4.53. The van der Waals surface area contributed by atoms with Crippen LogP contribution in [0.25, 0.3) is 6.08 Å². The molecule has 0 amide bonds. The van der Waals surface area contributed by atoms with Gasteiger partial charge in [-0.25, -0.2) is 0 Å². The van der Waals surface area contributed by atoms with Crippen molar-refractivity contribution in [3.63, 3.8) is 0 Å². The van der Waals surface area contributed by atoms with Crippen LogP contribution in [0.2, 0.25) is 0 Å². The number of rotatable bonds is 6. The Kier molecular flexibility index (Phi) is 5.36. The maximum absolute atomic E-state index is 9.77. The van der Waals surface area contributed by atoms with E-state index in [2.05, 4.69) is 0 Å². The predicted molar refractivity (Wildman–Crippen MR) is 88.6 cm³/mol. The first-order valence-corrected chi connectivity index (χ1v) is 7.07. The summed E-state index contributed by atoms with van der Waals surface area (Å²) in [6.45, 7) is 0. The molecular weight excluding hydrogens is 296 g/mol. The Bertz CT molecular complexity index is 707. The molecular formula is C18H20O5. The molecule has 0 saturated heterocycles. The maximum Gasteiger partial charge on any atom is 0.203 e. The van der Waals surface area contributed by atoms with Gasteiger partial charge in [-0.1, -0.05) is 24.3 Å². The predicted octanol–water partition coefficient (Wildman–Crippen LogP) is 3.38. The van der Waals surface area contributed by atoms with E-state index >= 15 is 0 Å². The molecule has 2 aromatic rings. The standard InChI is InChI=1S/C18H20O5/c1-21-16-10-7-12(11-15(16)20)5-4-6-13-8-9-14(19)18(23-3)17(13)22-2/h4-5,7-11,19-20H,6H2,1-3H3/b5-4+. The smallest absolute Gasteiger partial charge is 0.203 e. The number of hydrogen-bond acceptors (Lipinski definition) is 5. The van der Waals surface area contributed by atoms with Gasteiger partial charge in [-0.15, -0.1) is 0 Å². The molecule has 23 heavy (non-hydrogen) atoms. The summed E-state index contributed by atoms with van der Waals surface area (Å²) in [4.78, 5) is 0. The third kappa shape index (κ3) is 3.69. The summed E-state index contributed by atoms with van der Waals surface area (Å²) in [5.41, 5.74) is 1.74. The van der Waals surface area contributed by atoms with Crippen LogP contribution in [-0.4, -0.2) is 31.5 Å². The minimum absolute atomic E-state index is 0.0390. The van der Waals surface area contributed by atoms with Crippen molar-refractivity contribution in [1.82, 2.24) is 0 Å². The zero-order valence-corrected chi connectivity index (χ0v) is 13.4. The Morgan fingerprint density at radius 2 is 1.61 bits per heavy atom. The normalized spacial score (nSPS) is 10.7. The molecule has 0 heterocycles. The second-order valence-electron chi connectivity index (χ2n) is 4.85. The van der Waals surface area contributed by atoms with Crippen molar-refractivity contribution in [1.29, 1.82) is 0 Å². The van der Waals surface area contributed by atoms with E-state index in [9.17, 15) is 10.2 Å². The molecule has 0 fully saturated rings. The lowest BCUT2D eigenvalue weighted by atomic mass is 10.1. The van der Waals surface area contributed by atoms with Gasteiger partial charge in [-0.2, -0.15) is 0 Å². The molecule has 122 valence electrons. The fraction of sp³-hybridized carbons (Fsp3) is 0.222. The summed E-state index contributed by atoms with van der Waals surface area (Å²) in [5.74, 6) is 1.40. The third-order valence-corrected chi connectivity index (χ3v) is 3.43. The van der Waals surface area contributed by atoms with E-state index in [1.807, 2.05) is 18.2 Å². The van der Waals surface area contributed by atoms with Crippen molar-refractivity contribution in [3.05, 3.63) is 47.5 Å². The van der Waals surface area contributed by atoms with Gasteiger partial charge in [-0.05, 0) is 30.2 Å². The lowest BCUT2D eigenvalue weighted by molar-refractivity contribution is 0.331. The van der Waals surface area contributed by atoms with Crippen LogP contribution < -0.4 is 14.2 Å². The summed E-state index contributed by atoms with van der Waals surface area (Å²) in [6.07, 6.45) is 4.42. The third-order valence-electron chi connectivity index (χ3n) is 3.43. The highest BCUT2D eigenvalue weighted by molar-refractivity contribution is 5.58. The molecule has 2 N–H and O–H groups in total. The number of benzene rings is 2. The summed E-state index contributed by atoms with van der Waals surface area (Å²) in [6, 6.07) is 8.54. The van der Waals surface area contributed by atoms with Gasteiger partial charge in [0.2, 0.25) is 5.75 Å². The fourth-order valence-corrected chi connectivity index (χ4v) is 2.31. The first-order chi connectivity index (χ1) is 11.1. The zero-order valence-electron chi connectivity index (χ0n) is 13.4. The highest BCUT2D eigenvalue weighted by Gasteiger charge is 2.13. The first-order valence-electron chi connectivity index (χ1n) is 7.07. The van der Waals surface area contributed by atoms with Gasteiger partial charge >= 0.3 is 0 Å². The van der Waals surface area contributed by atoms with Crippen molar-refractivity contribution < 1.29 is 24.4 Å². The Morgan fingerprint density at radius 3 is 2.22 bits per heavy atom. The van der Waals surface area contributed by atoms with E-state index < -0.39 is 0 Å². The van der Waals surface area contributed by atoms with Gasteiger partial charge < -0.3 is 24.4 Å². The number of allylic oxidation sites excluding steroid dienone is 1. The van der Waals surface area contributed by atoms with Gasteiger partial charge in [0.25, 0.3) is 0 Å². The lowest BCUT2D eigenvalue weighted by Gasteiger charge is -2.12. The fourth-order valence-electron chi connectivity index (χ4n) is 2.31. The minimum atomic E-state index is 0.0390. The SMILES string of the molecule is COc1ccc(/C=C/Cc2ccc(O)c(OC)c2OC)cc1O. The molecule has 0 spiro atoms. The summed E-state index contributed by atoms with van der Waals surface area (Å²) < 4.78 is 15.5. The Balaban J connectivity index is 2.19. The number of methoxy groups -OCH3 is 3. The van der Waals surface area contributed by atoms with Crippen molar-refractivity contribution in [3.8, 4) is 28.7 Å². The average molecular weight is 316 g/mol. The van der Waals surface area contributed by atoms with Crippen LogP contribution in [0, 0.1) is 0 Å². The van der Waals surface area contributed by atoms with Gasteiger partial charge in [0, 0.05) is 5.56 Å². The molecule has 5 nitrogen and oxygen atoms in total. The molecule has 2 aromatic carbocycles. The maximum atomic E-state index is 9.77. The van der Waals surface area contributed by atoms with Crippen molar-refractivity contribution >= 4 is 6.08 Å². The Labute approximate surface area is 135 Å². The van der Waals surface area contributed by atoms with E-state index in [0.29, 0.717) is 23.7 Å². The zero-order chi connectivity index (χ0) is 16.8. The van der Waals surface area contributed by atoms with Crippen LogP contribution in [0.1, 0.15) is 11.1 Å². The van der Waals surface area contributed by atoms with E-state index in [1.165, 1.54) is 21.3 Å². The van der Waals surface area contributed by atoms with Crippen LogP contribution >= 0.6 is 0 Å². The number of ether oxygens (including phenoxy) is 3. The number of aromatic hydroxyl groups is 2. The molecule has 0 aliphatic carbocycles. The Morgan fingerprint density at radius 1 is 0.870 bits per heavy atom. The second kappa shape index (κ2) is 7.45. The Hall–Kier alpha value is -2.82. The number of phenols is 2. The van der Waals surface area contributed by atoms with Crippen molar-refractivity contribution in [2.75, 3.05) is 21.3 Å². The lowest BCUT2D eigenvalue weighted by Crippen LogP contribution is -1.95. The molecule has 0 radical (unpaired) electrons. The molecule has 0 aliphatic rings. The molecule has 0 aromatic heterocycles. The molecule has 0 saturated carbocycles. The number of phenolic OH excluding ortho intramolecular Hbond substituents is 2. The van der Waals surface area contributed by atoms with Gasteiger partial charge in [0.05, 0.1) is 21.3 Å². The van der Waals surface area contributed by atoms with Crippen LogP contribution in [0.4, 0.5) is 0 Å². The first kappa shape index (κ1) is 16.5. The quantitative estimate of drug-likeness (QED) is 0.855. The van der Waals surface area contributed by atoms with Crippen LogP contribution in [0.5, 0.6) is 28.7 Å². The van der Waals surface area contributed by atoms with Crippen LogP contribution in [0.3, 0.4) is 0 Å². The van der Waals surface area contributed by atoms with E-state index in [1.54, 1.807) is 24.3 Å². The molecule has 0 aliphatic heterocycles.